The lowest BCUT2D eigenvalue weighted by atomic mass is 9.91. The Morgan fingerprint density at radius 2 is 1.78 bits per heavy atom. The van der Waals surface area contributed by atoms with E-state index in [0.717, 1.165) is 48.0 Å². The first kappa shape index (κ1) is 16.4. The molecule has 2 fully saturated rings. The Kier molecular flexibility index (Phi) is 4.11. The number of fused-ring (bicyclic) bond motifs is 1. The summed E-state index contributed by atoms with van der Waals surface area (Å²) in [7, 11) is 0. The third kappa shape index (κ3) is 3.31. The van der Waals surface area contributed by atoms with Crippen molar-refractivity contribution < 1.29 is 0 Å². The lowest BCUT2D eigenvalue weighted by Crippen LogP contribution is -2.33. The van der Waals surface area contributed by atoms with Crippen LogP contribution in [0.4, 0.5) is 5.82 Å². The van der Waals surface area contributed by atoms with Crippen molar-refractivity contribution in [1.29, 1.82) is 0 Å². The summed E-state index contributed by atoms with van der Waals surface area (Å²) >= 11 is 0. The number of hydrogen-bond acceptors (Lipinski definition) is 5. The molecule has 138 valence electrons. The Morgan fingerprint density at radius 3 is 2.59 bits per heavy atom. The van der Waals surface area contributed by atoms with E-state index < -0.39 is 0 Å². The highest BCUT2D eigenvalue weighted by Gasteiger charge is 2.28. The molecule has 0 saturated heterocycles. The predicted octanol–water partition coefficient (Wildman–Crippen LogP) is 3.66. The highest BCUT2D eigenvalue weighted by Crippen LogP contribution is 2.39. The Bertz CT molecular complexity index is 1010. The molecular formula is C21H23N5O. The second-order valence-electron chi connectivity index (χ2n) is 7.75. The van der Waals surface area contributed by atoms with Crippen LogP contribution in [0.3, 0.4) is 0 Å². The lowest BCUT2D eigenvalue weighted by molar-refractivity contribution is 0.301. The lowest BCUT2D eigenvalue weighted by Gasteiger charge is -2.30. The number of benzene rings is 1. The highest BCUT2D eigenvalue weighted by atomic mass is 16.1. The summed E-state index contributed by atoms with van der Waals surface area (Å²) in [4.78, 5) is 12.3. The minimum atomic E-state index is 0.0238. The fraction of sp³-hybridized carbons (Fsp3) is 0.429. The second kappa shape index (κ2) is 6.76. The van der Waals surface area contributed by atoms with Crippen molar-refractivity contribution in [2.45, 2.75) is 56.5 Å². The van der Waals surface area contributed by atoms with E-state index in [9.17, 15) is 4.79 Å². The molecule has 2 aliphatic rings. The molecule has 1 N–H and O–H groups in total. The van der Waals surface area contributed by atoms with Crippen molar-refractivity contribution in [1.82, 2.24) is 20.0 Å². The zero-order chi connectivity index (χ0) is 18.2. The second-order valence-corrected chi connectivity index (χ2v) is 7.75. The first-order valence-corrected chi connectivity index (χ1v) is 9.84. The van der Waals surface area contributed by atoms with Crippen molar-refractivity contribution in [3.8, 4) is 0 Å². The fourth-order valence-electron chi connectivity index (χ4n) is 4.09. The monoisotopic (exact) mass is 361 g/mol. The van der Waals surface area contributed by atoms with Crippen LogP contribution in [0.15, 0.2) is 47.4 Å². The number of anilines is 1. The summed E-state index contributed by atoms with van der Waals surface area (Å²) < 4.78 is 1.74. The van der Waals surface area contributed by atoms with Gasteiger partial charge in [0.1, 0.15) is 0 Å². The van der Waals surface area contributed by atoms with Gasteiger partial charge in [-0.25, -0.2) is 4.68 Å². The van der Waals surface area contributed by atoms with Gasteiger partial charge < -0.3 is 5.32 Å². The molecule has 0 atom stereocenters. The van der Waals surface area contributed by atoms with Gasteiger partial charge in [-0.05, 0) is 44.6 Å². The smallest absolute Gasteiger partial charge is 0.267 e. The zero-order valence-electron chi connectivity index (χ0n) is 15.2. The van der Waals surface area contributed by atoms with E-state index in [1.54, 1.807) is 16.9 Å². The molecule has 2 aromatic heterocycles. The molecule has 6 heteroatoms. The van der Waals surface area contributed by atoms with Crippen molar-refractivity contribution in [3.63, 3.8) is 0 Å². The summed E-state index contributed by atoms with van der Waals surface area (Å²) in [5.41, 5.74) is 1.11. The van der Waals surface area contributed by atoms with Crippen molar-refractivity contribution in [2.24, 2.45) is 0 Å². The summed E-state index contributed by atoms with van der Waals surface area (Å²) in [6.45, 7) is 0. The van der Waals surface area contributed by atoms with E-state index in [1.807, 2.05) is 18.2 Å². The van der Waals surface area contributed by atoms with Crippen LogP contribution >= 0.6 is 0 Å². The van der Waals surface area contributed by atoms with Crippen molar-refractivity contribution in [2.75, 3.05) is 5.32 Å². The molecule has 0 unspecified atom stereocenters. The van der Waals surface area contributed by atoms with Crippen molar-refractivity contribution >= 4 is 16.6 Å². The van der Waals surface area contributed by atoms with Gasteiger partial charge in [-0.15, -0.1) is 5.10 Å². The molecule has 1 aromatic carbocycles. The van der Waals surface area contributed by atoms with Gasteiger partial charge in [0.15, 0.2) is 5.82 Å². The number of aromatic nitrogens is 4. The molecule has 2 saturated carbocycles. The summed E-state index contributed by atoms with van der Waals surface area (Å²) in [6, 6.07) is 12.3. The normalized spacial score (nSPS) is 22.7. The van der Waals surface area contributed by atoms with Gasteiger partial charge in [0.05, 0.1) is 17.9 Å². The minimum Gasteiger partial charge on any atom is -0.365 e. The summed E-state index contributed by atoms with van der Waals surface area (Å²) in [5, 5.41) is 18.9. The molecule has 2 aliphatic carbocycles. The zero-order valence-corrected chi connectivity index (χ0v) is 15.2. The van der Waals surface area contributed by atoms with E-state index in [0.29, 0.717) is 12.0 Å². The van der Waals surface area contributed by atoms with Crippen LogP contribution < -0.4 is 10.9 Å². The highest BCUT2D eigenvalue weighted by molar-refractivity contribution is 5.90. The Balaban J connectivity index is 1.29. The van der Waals surface area contributed by atoms with Crippen LogP contribution in [0.5, 0.6) is 0 Å². The van der Waals surface area contributed by atoms with Gasteiger partial charge in [-0.3, -0.25) is 4.79 Å². The largest absolute Gasteiger partial charge is 0.365 e. The van der Waals surface area contributed by atoms with E-state index in [4.69, 9.17) is 0 Å². The van der Waals surface area contributed by atoms with Gasteiger partial charge in [0.25, 0.3) is 5.56 Å². The average molecular weight is 361 g/mol. The Labute approximate surface area is 157 Å². The predicted molar refractivity (Wildman–Crippen MR) is 105 cm³/mol. The number of nitrogens with one attached hydrogen (secondary N) is 1. The van der Waals surface area contributed by atoms with Gasteiger partial charge in [0.2, 0.25) is 0 Å². The van der Waals surface area contributed by atoms with Gasteiger partial charge in [-0.1, -0.05) is 24.3 Å². The summed E-state index contributed by atoms with van der Waals surface area (Å²) in [6.07, 6.45) is 8.10. The van der Waals surface area contributed by atoms with Crippen LogP contribution in [-0.2, 0) is 0 Å². The quantitative estimate of drug-likeness (QED) is 0.768. The standard InChI is InChI=1S/C21H23N5O/c27-20-12-11-19(14-5-6-14)25-26(20)17-9-7-16(8-10-17)23-21-18-4-2-1-3-15(18)13-22-24-21/h1-4,11-14,16-17H,5-10H2,(H,23,24). The number of nitrogens with zero attached hydrogens (tertiary/aromatic N) is 4. The average Bonchev–Trinajstić information content (AvgIpc) is 3.55. The van der Waals surface area contributed by atoms with E-state index in [-0.39, 0.29) is 11.6 Å². The third-order valence-corrected chi connectivity index (χ3v) is 5.80. The first-order chi connectivity index (χ1) is 13.3. The molecule has 0 radical (unpaired) electrons. The molecule has 3 aromatic rings. The molecule has 0 amide bonds. The molecule has 0 aliphatic heterocycles. The van der Waals surface area contributed by atoms with Gasteiger partial charge in [0, 0.05) is 28.8 Å². The SMILES string of the molecule is O=c1ccc(C2CC2)nn1C1CCC(Nc2nncc3ccccc23)CC1. The topological polar surface area (TPSA) is 72.7 Å². The number of hydrogen-bond donors (Lipinski definition) is 1. The molecule has 2 heterocycles. The van der Waals surface area contributed by atoms with Crippen LogP contribution in [-0.4, -0.2) is 26.0 Å². The van der Waals surface area contributed by atoms with E-state index >= 15 is 0 Å². The maximum Gasteiger partial charge on any atom is 0.267 e. The molecule has 5 rings (SSSR count). The molecule has 0 spiro atoms. The van der Waals surface area contributed by atoms with Crippen LogP contribution in [0.1, 0.15) is 56.2 Å². The van der Waals surface area contributed by atoms with E-state index in [2.05, 4.69) is 32.7 Å². The molecule has 27 heavy (non-hydrogen) atoms. The fourth-order valence-corrected chi connectivity index (χ4v) is 4.09. The third-order valence-electron chi connectivity index (χ3n) is 5.80. The molecule has 6 nitrogen and oxygen atoms in total. The van der Waals surface area contributed by atoms with Gasteiger partial charge >= 0.3 is 0 Å². The van der Waals surface area contributed by atoms with Crippen LogP contribution in [0, 0.1) is 0 Å². The Hall–Kier alpha value is -2.76. The minimum absolute atomic E-state index is 0.0238. The van der Waals surface area contributed by atoms with Crippen LogP contribution in [0.25, 0.3) is 10.8 Å². The van der Waals surface area contributed by atoms with E-state index in [1.165, 1.54) is 12.8 Å². The maximum atomic E-state index is 12.3. The van der Waals surface area contributed by atoms with Gasteiger partial charge in [-0.2, -0.15) is 10.2 Å². The first-order valence-electron chi connectivity index (χ1n) is 9.84. The molecule has 0 bridgehead atoms. The summed E-state index contributed by atoms with van der Waals surface area (Å²) in [5.74, 6) is 1.42. The van der Waals surface area contributed by atoms with Crippen molar-refractivity contribution in [3.05, 3.63) is 58.6 Å². The Morgan fingerprint density at radius 1 is 0.963 bits per heavy atom. The maximum absolute atomic E-state index is 12.3. The number of rotatable bonds is 4. The molecular weight excluding hydrogens is 338 g/mol. The van der Waals surface area contributed by atoms with Crippen LogP contribution in [0.2, 0.25) is 0 Å².